The Kier molecular flexibility index (Phi) is 4.21. The molecular formula is C19H16N6O2. The number of nitrogens with zero attached hydrogens (tertiary/aromatic N) is 5. The Bertz CT molecular complexity index is 1120. The van der Waals surface area contributed by atoms with Gasteiger partial charge in [-0.05, 0) is 30.7 Å². The van der Waals surface area contributed by atoms with Crippen LogP contribution in [0.4, 0.5) is 11.5 Å². The molecule has 0 amide bonds. The third-order valence-corrected chi connectivity index (χ3v) is 4.13. The van der Waals surface area contributed by atoms with Crippen molar-refractivity contribution in [1.29, 1.82) is 0 Å². The number of hydrogen-bond donors (Lipinski definition) is 2. The first-order chi connectivity index (χ1) is 13.1. The number of nitrogens with one attached hydrogen (secondary N) is 1. The average Bonchev–Trinajstić information content (AvgIpc) is 3.08. The fourth-order valence-electron chi connectivity index (χ4n) is 2.72. The first-order valence-electron chi connectivity index (χ1n) is 8.30. The summed E-state index contributed by atoms with van der Waals surface area (Å²) in [7, 11) is 0. The summed E-state index contributed by atoms with van der Waals surface area (Å²) in [5.74, 6) is -0.520. The number of carboxylic acids is 1. The van der Waals surface area contributed by atoms with Gasteiger partial charge >= 0.3 is 5.97 Å². The van der Waals surface area contributed by atoms with E-state index < -0.39 is 5.97 Å². The highest BCUT2D eigenvalue weighted by molar-refractivity contribution is 5.90. The summed E-state index contributed by atoms with van der Waals surface area (Å²) in [6.45, 7) is 2.58. The van der Waals surface area contributed by atoms with Crippen LogP contribution in [0, 0.1) is 6.92 Å². The monoisotopic (exact) mass is 360 g/mol. The number of carbonyl (C=O) groups is 1. The van der Waals surface area contributed by atoms with E-state index in [9.17, 15) is 4.79 Å². The lowest BCUT2D eigenvalue weighted by Crippen LogP contribution is -2.03. The maximum absolute atomic E-state index is 11.1. The van der Waals surface area contributed by atoms with Gasteiger partial charge in [0.2, 0.25) is 0 Å². The van der Waals surface area contributed by atoms with Crippen LogP contribution in [0.15, 0.2) is 54.9 Å². The van der Waals surface area contributed by atoms with E-state index in [-0.39, 0.29) is 5.56 Å². The summed E-state index contributed by atoms with van der Waals surface area (Å²) >= 11 is 0. The van der Waals surface area contributed by atoms with Crippen LogP contribution in [-0.2, 0) is 6.54 Å². The molecule has 8 heteroatoms. The van der Waals surface area contributed by atoms with Crippen LogP contribution in [0.2, 0.25) is 0 Å². The van der Waals surface area contributed by atoms with Crippen LogP contribution in [0.25, 0.3) is 11.2 Å². The van der Waals surface area contributed by atoms with Crippen LogP contribution in [0.3, 0.4) is 0 Å². The summed E-state index contributed by atoms with van der Waals surface area (Å²) in [6.07, 6.45) is 1.43. The summed E-state index contributed by atoms with van der Waals surface area (Å²) < 4.78 is 1.71. The van der Waals surface area contributed by atoms with Gasteiger partial charge < -0.3 is 10.4 Å². The molecule has 0 saturated carbocycles. The van der Waals surface area contributed by atoms with Crippen LogP contribution in [-0.4, -0.2) is 36.0 Å². The van der Waals surface area contributed by atoms with Gasteiger partial charge in [0.1, 0.15) is 6.33 Å². The minimum atomic E-state index is -0.990. The van der Waals surface area contributed by atoms with Crippen molar-refractivity contribution in [2.75, 3.05) is 5.32 Å². The van der Waals surface area contributed by atoms with Crippen molar-refractivity contribution in [1.82, 2.24) is 25.0 Å². The molecule has 27 heavy (non-hydrogen) atoms. The van der Waals surface area contributed by atoms with E-state index in [0.717, 1.165) is 5.56 Å². The summed E-state index contributed by atoms with van der Waals surface area (Å²) in [5, 5.41) is 20.6. The van der Waals surface area contributed by atoms with Crippen molar-refractivity contribution in [3.05, 3.63) is 71.5 Å². The zero-order valence-electron chi connectivity index (χ0n) is 14.5. The van der Waals surface area contributed by atoms with Gasteiger partial charge in [0.05, 0.1) is 12.1 Å². The molecule has 0 aliphatic heterocycles. The molecule has 4 aromatic rings. The number of fused-ring (bicyclic) bond motifs is 1. The van der Waals surface area contributed by atoms with E-state index in [4.69, 9.17) is 5.11 Å². The molecule has 2 N–H and O–H groups in total. The SMILES string of the molecule is Cc1ccc(Cn2nnc3c(Nc4cccc(C(=O)O)c4)ncnc32)cc1. The van der Waals surface area contributed by atoms with Crippen molar-refractivity contribution in [2.45, 2.75) is 13.5 Å². The first kappa shape index (κ1) is 16.6. The van der Waals surface area contributed by atoms with Gasteiger partial charge in [-0.15, -0.1) is 5.10 Å². The lowest BCUT2D eigenvalue weighted by atomic mass is 10.1. The average molecular weight is 360 g/mol. The molecule has 0 fully saturated rings. The Morgan fingerprint density at radius 3 is 2.74 bits per heavy atom. The maximum Gasteiger partial charge on any atom is 0.335 e. The molecule has 0 spiro atoms. The van der Waals surface area contributed by atoms with Crippen molar-refractivity contribution < 1.29 is 9.90 Å². The predicted octanol–water partition coefficient (Wildman–Crippen LogP) is 3.02. The van der Waals surface area contributed by atoms with E-state index in [1.807, 2.05) is 31.2 Å². The third kappa shape index (κ3) is 3.45. The molecule has 0 aliphatic rings. The number of carboxylic acid groups (broad SMARTS) is 1. The second-order valence-electron chi connectivity index (χ2n) is 6.14. The fourth-order valence-corrected chi connectivity index (χ4v) is 2.72. The zero-order valence-corrected chi connectivity index (χ0v) is 14.5. The van der Waals surface area contributed by atoms with Gasteiger partial charge in [-0.3, -0.25) is 0 Å². The number of hydrogen-bond acceptors (Lipinski definition) is 6. The Balaban J connectivity index is 1.65. The lowest BCUT2D eigenvalue weighted by Gasteiger charge is -2.07. The molecule has 0 bridgehead atoms. The standard InChI is InChI=1S/C19H16N6O2/c1-12-5-7-13(8-6-12)10-25-18-16(23-24-25)17(20-11-21-18)22-15-4-2-3-14(9-15)19(26)27/h2-9,11H,10H2,1H3,(H,26,27)(H,20,21,22). The molecule has 2 heterocycles. The highest BCUT2D eigenvalue weighted by Gasteiger charge is 2.13. The minimum absolute atomic E-state index is 0.188. The highest BCUT2D eigenvalue weighted by atomic mass is 16.4. The van der Waals surface area contributed by atoms with Crippen LogP contribution in [0.1, 0.15) is 21.5 Å². The molecule has 0 atom stereocenters. The zero-order chi connectivity index (χ0) is 18.8. The second-order valence-corrected chi connectivity index (χ2v) is 6.14. The molecule has 0 radical (unpaired) electrons. The van der Waals surface area contributed by atoms with Gasteiger partial charge in [0.15, 0.2) is 17.0 Å². The summed E-state index contributed by atoms with van der Waals surface area (Å²) in [6, 6.07) is 14.7. The highest BCUT2D eigenvalue weighted by Crippen LogP contribution is 2.22. The molecule has 0 unspecified atom stereocenters. The van der Waals surface area contributed by atoms with Gasteiger partial charge in [0, 0.05) is 5.69 Å². The lowest BCUT2D eigenvalue weighted by molar-refractivity contribution is 0.0697. The minimum Gasteiger partial charge on any atom is -0.478 e. The maximum atomic E-state index is 11.1. The first-order valence-corrected chi connectivity index (χ1v) is 8.30. The molecule has 4 rings (SSSR count). The topological polar surface area (TPSA) is 106 Å². The number of aromatic nitrogens is 5. The van der Waals surface area contributed by atoms with Crippen molar-refractivity contribution in [3.63, 3.8) is 0 Å². The Morgan fingerprint density at radius 1 is 1.15 bits per heavy atom. The van der Waals surface area contributed by atoms with Gasteiger partial charge in [-0.2, -0.15) is 0 Å². The van der Waals surface area contributed by atoms with E-state index in [1.54, 1.807) is 16.8 Å². The Labute approximate surface area is 154 Å². The van der Waals surface area contributed by atoms with Crippen molar-refractivity contribution in [3.8, 4) is 0 Å². The number of aromatic carboxylic acids is 1. The van der Waals surface area contributed by atoms with Gasteiger partial charge in [-0.25, -0.2) is 19.4 Å². The predicted molar refractivity (Wildman–Crippen MR) is 100 cm³/mol. The normalized spacial score (nSPS) is 10.9. The van der Waals surface area contributed by atoms with Crippen molar-refractivity contribution in [2.24, 2.45) is 0 Å². The molecule has 0 saturated heterocycles. The van der Waals surface area contributed by atoms with Gasteiger partial charge in [0.25, 0.3) is 0 Å². The Morgan fingerprint density at radius 2 is 1.96 bits per heavy atom. The van der Waals surface area contributed by atoms with E-state index in [2.05, 4.69) is 25.6 Å². The second kappa shape index (κ2) is 6.83. The number of rotatable bonds is 5. The van der Waals surface area contributed by atoms with Crippen LogP contribution < -0.4 is 5.32 Å². The number of aryl methyl sites for hydroxylation is 1. The van der Waals surface area contributed by atoms with Crippen LogP contribution in [0.5, 0.6) is 0 Å². The molecule has 2 aromatic heterocycles. The number of benzene rings is 2. The van der Waals surface area contributed by atoms with Crippen LogP contribution >= 0.6 is 0 Å². The number of anilines is 2. The largest absolute Gasteiger partial charge is 0.478 e. The van der Waals surface area contributed by atoms with Crippen molar-refractivity contribution >= 4 is 28.6 Å². The van der Waals surface area contributed by atoms with E-state index in [1.165, 1.54) is 24.0 Å². The summed E-state index contributed by atoms with van der Waals surface area (Å²) in [4.78, 5) is 19.7. The molecular weight excluding hydrogens is 344 g/mol. The van der Waals surface area contributed by atoms with Gasteiger partial charge in [-0.1, -0.05) is 41.1 Å². The smallest absolute Gasteiger partial charge is 0.335 e. The van der Waals surface area contributed by atoms with E-state index >= 15 is 0 Å². The Hall–Kier alpha value is -3.81. The molecule has 134 valence electrons. The van der Waals surface area contributed by atoms with E-state index in [0.29, 0.717) is 29.2 Å². The fraction of sp³-hybridized carbons (Fsp3) is 0.105. The quantitative estimate of drug-likeness (QED) is 0.563. The molecule has 0 aliphatic carbocycles. The summed E-state index contributed by atoms with van der Waals surface area (Å²) in [5.41, 5.74) is 4.19. The molecule has 2 aromatic carbocycles. The molecule has 8 nitrogen and oxygen atoms in total. The third-order valence-electron chi connectivity index (χ3n) is 4.13.